The van der Waals surface area contributed by atoms with Crippen molar-refractivity contribution in [2.75, 3.05) is 13.2 Å². The molecule has 0 saturated carbocycles. The first-order valence-corrected chi connectivity index (χ1v) is 8.04. The van der Waals surface area contributed by atoms with Gasteiger partial charge in [-0.05, 0) is 19.9 Å². The van der Waals surface area contributed by atoms with Gasteiger partial charge in [-0.15, -0.1) is 0 Å². The average Bonchev–Trinajstić information content (AvgIpc) is 2.62. The molecule has 0 saturated heterocycles. The predicted molar refractivity (Wildman–Crippen MR) is 90.0 cm³/mol. The maximum absolute atomic E-state index is 12.4. The lowest BCUT2D eigenvalue weighted by molar-refractivity contribution is -0.385. The smallest absolute Gasteiger partial charge is 0.340 e. The molecule has 0 aliphatic carbocycles. The van der Waals surface area contributed by atoms with E-state index in [2.05, 4.69) is 0 Å². The monoisotopic (exact) mass is 375 g/mol. The molecule has 142 valence electrons. The molecule has 1 aromatic rings. The highest BCUT2D eigenvalue weighted by Crippen LogP contribution is 2.44. The Morgan fingerprint density at radius 3 is 2.59 bits per heavy atom. The Bertz CT molecular complexity index is 857. The summed E-state index contributed by atoms with van der Waals surface area (Å²) < 4.78 is 15.3. The van der Waals surface area contributed by atoms with Gasteiger partial charge in [0.25, 0.3) is 5.69 Å². The number of nitro benzene ring substituents is 1. The number of nitrogens with zero attached hydrogens (tertiary/aromatic N) is 2. The summed E-state index contributed by atoms with van der Waals surface area (Å²) in [5.74, 6) is -4.74. The van der Waals surface area contributed by atoms with Crippen molar-refractivity contribution in [3.05, 3.63) is 45.3 Å². The quantitative estimate of drug-likeness (QED) is 0.442. The first-order valence-electron chi connectivity index (χ1n) is 8.04. The zero-order chi connectivity index (χ0) is 20.1. The Kier molecular flexibility index (Phi) is 5.97. The van der Waals surface area contributed by atoms with Crippen molar-refractivity contribution in [3.63, 3.8) is 0 Å². The van der Waals surface area contributed by atoms with Crippen molar-refractivity contribution in [3.8, 4) is 11.8 Å². The Morgan fingerprint density at radius 2 is 2.04 bits per heavy atom. The van der Waals surface area contributed by atoms with E-state index >= 15 is 0 Å². The number of fused-ring (bicyclic) bond motifs is 1. The van der Waals surface area contributed by atoms with Crippen LogP contribution in [0.25, 0.3) is 0 Å². The number of nitrogens with two attached hydrogens (primary N) is 1. The van der Waals surface area contributed by atoms with Crippen molar-refractivity contribution in [2.24, 2.45) is 11.7 Å². The van der Waals surface area contributed by atoms with Crippen molar-refractivity contribution < 1.29 is 28.7 Å². The van der Waals surface area contributed by atoms with Gasteiger partial charge in [-0.3, -0.25) is 14.9 Å². The van der Waals surface area contributed by atoms with Gasteiger partial charge in [0.2, 0.25) is 5.88 Å². The highest BCUT2D eigenvalue weighted by molar-refractivity contribution is 5.94. The van der Waals surface area contributed by atoms with Crippen LogP contribution in [0, 0.1) is 27.4 Å². The van der Waals surface area contributed by atoms with Crippen LogP contribution in [0.3, 0.4) is 0 Å². The van der Waals surface area contributed by atoms with Crippen LogP contribution < -0.4 is 10.5 Å². The first kappa shape index (κ1) is 19.7. The van der Waals surface area contributed by atoms with Crippen LogP contribution in [0.2, 0.25) is 0 Å². The van der Waals surface area contributed by atoms with Crippen LogP contribution in [-0.4, -0.2) is 30.1 Å². The second-order valence-electron chi connectivity index (χ2n) is 5.42. The standard InChI is InChI=1S/C17H17N3O7/c1-3-25-16(21)11(8-18)13-10-7-9(20(23)24)5-6-12(10)27-15(19)14(13)17(22)26-4-2/h5-7,11,13H,3-4,19H2,1-2H3/t11-,13+/m0/s1. The summed E-state index contributed by atoms with van der Waals surface area (Å²) in [5.41, 5.74) is 5.38. The molecule has 2 N–H and O–H groups in total. The number of hydrogen-bond acceptors (Lipinski definition) is 9. The predicted octanol–water partition coefficient (Wildman–Crippen LogP) is 1.51. The molecule has 2 atom stereocenters. The first-order chi connectivity index (χ1) is 12.8. The van der Waals surface area contributed by atoms with Crippen LogP contribution in [0.5, 0.6) is 5.75 Å². The van der Waals surface area contributed by atoms with Gasteiger partial charge >= 0.3 is 11.9 Å². The number of esters is 2. The maximum atomic E-state index is 12.4. The number of nitriles is 1. The zero-order valence-electron chi connectivity index (χ0n) is 14.6. The summed E-state index contributed by atoms with van der Waals surface area (Å²) in [6, 6.07) is 5.40. The van der Waals surface area contributed by atoms with Crippen LogP contribution in [0.4, 0.5) is 5.69 Å². The highest BCUT2D eigenvalue weighted by atomic mass is 16.6. The third kappa shape index (κ3) is 3.82. The van der Waals surface area contributed by atoms with Gasteiger partial charge in [0.15, 0.2) is 5.92 Å². The molecule has 0 radical (unpaired) electrons. The fraction of sp³-hybridized carbons (Fsp3) is 0.353. The van der Waals surface area contributed by atoms with E-state index in [9.17, 15) is 25.0 Å². The lowest BCUT2D eigenvalue weighted by Crippen LogP contribution is -2.34. The lowest BCUT2D eigenvalue weighted by Gasteiger charge is -2.29. The van der Waals surface area contributed by atoms with E-state index in [0.717, 1.165) is 6.07 Å². The molecule has 2 rings (SSSR count). The van der Waals surface area contributed by atoms with E-state index in [1.54, 1.807) is 19.9 Å². The van der Waals surface area contributed by atoms with Crippen LogP contribution in [0.15, 0.2) is 29.7 Å². The molecule has 1 aliphatic heterocycles. The third-order valence-electron chi connectivity index (χ3n) is 3.84. The molecule has 0 spiro atoms. The largest absolute Gasteiger partial charge is 0.465 e. The summed E-state index contributed by atoms with van der Waals surface area (Å²) >= 11 is 0. The van der Waals surface area contributed by atoms with E-state index in [0.29, 0.717) is 0 Å². The Hall–Kier alpha value is -3.61. The highest BCUT2D eigenvalue weighted by Gasteiger charge is 2.44. The lowest BCUT2D eigenvalue weighted by atomic mass is 9.79. The second kappa shape index (κ2) is 8.18. The average molecular weight is 375 g/mol. The number of non-ortho nitro benzene ring substituents is 1. The molecule has 27 heavy (non-hydrogen) atoms. The zero-order valence-corrected chi connectivity index (χ0v) is 14.6. The SMILES string of the molecule is CCOC(=O)C1=C(N)Oc2ccc([N+](=O)[O-])cc2[C@@H]1[C@H](C#N)C(=O)OCC. The van der Waals surface area contributed by atoms with Gasteiger partial charge in [0.1, 0.15) is 11.3 Å². The third-order valence-corrected chi connectivity index (χ3v) is 3.84. The Morgan fingerprint density at radius 1 is 1.37 bits per heavy atom. The van der Waals surface area contributed by atoms with E-state index < -0.39 is 28.7 Å². The van der Waals surface area contributed by atoms with E-state index in [4.69, 9.17) is 19.9 Å². The van der Waals surface area contributed by atoms with Crippen LogP contribution in [-0.2, 0) is 19.1 Å². The van der Waals surface area contributed by atoms with Gasteiger partial charge in [0.05, 0.1) is 30.1 Å². The molecule has 0 amide bonds. The van der Waals surface area contributed by atoms with Crippen molar-refractivity contribution in [1.29, 1.82) is 5.26 Å². The molecule has 0 aromatic heterocycles. The molecule has 1 aliphatic rings. The number of carbonyl (C=O) groups excluding carboxylic acids is 2. The second-order valence-corrected chi connectivity index (χ2v) is 5.42. The molecule has 10 heteroatoms. The molecule has 10 nitrogen and oxygen atoms in total. The molecule has 0 unspecified atom stereocenters. The summed E-state index contributed by atoms with van der Waals surface area (Å²) in [5, 5.41) is 20.7. The number of nitro groups is 1. The fourth-order valence-corrected chi connectivity index (χ4v) is 2.75. The molecular formula is C17H17N3O7. The molecule has 0 fully saturated rings. The fourth-order valence-electron chi connectivity index (χ4n) is 2.75. The van der Waals surface area contributed by atoms with Crippen molar-refractivity contribution in [2.45, 2.75) is 19.8 Å². The Labute approximate surface area is 154 Å². The number of rotatable bonds is 6. The number of benzene rings is 1. The van der Waals surface area contributed by atoms with Gasteiger partial charge < -0.3 is 19.9 Å². The van der Waals surface area contributed by atoms with Gasteiger partial charge in [0, 0.05) is 17.7 Å². The van der Waals surface area contributed by atoms with E-state index in [1.807, 2.05) is 0 Å². The van der Waals surface area contributed by atoms with Crippen LogP contribution in [0.1, 0.15) is 25.3 Å². The number of carbonyl (C=O) groups is 2. The van der Waals surface area contributed by atoms with E-state index in [-0.39, 0.29) is 41.7 Å². The van der Waals surface area contributed by atoms with Crippen LogP contribution >= 0.6 is 0 Å². The van der Waals surface area contributed by atoms with Gasteiger partial charge in [-0.1, -0.05) is 0 Å². The molecular weight excluding hydrogens is 358 g/mol. The van der Waals surface area contributed by atoms with E-state index in [1.165, 1.54) is 12.1 Å². The molecule has 1 heterocycles. The Balaban J connectivity index is 2.69. The van der Waals surface area contributed by atoms with Gasteiger partial charge in [-0.2, -0.15) is 5.26 Å². The van der Waals surface area contributed by atoms with Crippen molar-refractivity contribution in [1.82, 2.24) is 0 Å². The maximum Gasteiger partial charge on any atom is 0.340 e. The molecule has 1 aromatic carbocycles. The minimum atomic E-state index is -1.48. The summed E-state index contributed by atoms with van der Waals surface area (Å²) in [6.45, 7) is 3.15. The summed E-state index contributed by atoms with van der Waals surface area (Å²) in [4.78, 5) is 35.2. The number of ether oxygens (including phenoxy) is 3. The number of hydrogen-bond donors (Lipinski definition) is 1. The van der Waals surface area contributed by atoms with Gasteiger partial charge in [-0.25, -0.2) is 4.79 Å². The normalized spacial score (nSPS) is 16.4. The van der Waals surface area contributed by atoms with Crippen molar-refractivity contribution >= 4 is 17.6 Å². The minimum absolute atomic E-state index is 0.00989. The summed E-state index contributed by atoms with van der Waals surface area (Å²) in [7, 11) is 0. The topological polar surface area (TPSA) is 155 Å². The minimum Gasteiger partial charge on any atom is -0.465 e. The summed E-state index contributed by atoms with van der Waals surface area (Å²) in [6.07, 6.45) is 0. The molecule has 0 bridgehead atoms.